The van der Waals surface area contributed by atoms with E-state index in [4.69, 9.17) is 9.84 Å². The van der Waals surface area contributed by atoms with Crippen molar-refractivity contribution >= 4 is 11.9 Å². The molecular formula is C22H16F3N3O4. The number of aromatic nitrogens is 2. The van der Waals surface area contributed by atoms with E-state index in [1.807, 2.05) is 0 Å². The third-order valence-electron chi connectivity index (χ3n) is 5.18. The van der Waals surface area contributed by atoms with E-state index in [9.17, 15) is 22.8 Å². The van der Waals surface area contributed by atoms with E-state index in [0.717, 1.165) is 18.3 Å². The highest BCUT2D eigenvalue weighted by Gasteiger charge is 2.43. The fourth-order valence-electron chi connectivity index (χ4n) is 3.59. The molecule has 1 atom stereocenters. The van der Waals surface area contributed by atoms with Crippen molar-refractivity contribution in [3.05, 3.63) is 89.0 Å². The van der Waals surface area contributed by atoms with E-state index in [-0.39, 0.29) is 24.3 Å². The molecule has 7 nitrogen and oxygen atoms in total. The minimum Gasteiger partial charge on any atom is -0.491 e. The van der Waals surface area contributed by atoms with E-state index in [2.05, 4.69) is 15.3 Å². The van der Waals surface area contributed by atoms with Gasteiger partial charge in [0.15, 0.2) is 0 Å². The summed E-state index contributed by atoms with van der Waals surface area (Å²) in [6.45, 7) is 0.186. The summed E-state index contributed by atoms with van der Waals surface area (Å²) in [7, 11) is 0. The number of halogens is 3. The number of benzene rings is 1. The molecule has 0 radical (unpaired) electrons. The zero-order chi connectivity index (χ0) is 22.9. The minimum absolute atomic E-state index is 0.0507. The average molecular weight is 443 g/mol. The molecule has 1 aromatic carbocycles. The van der Waals surface area contributed by atoms with Crippen LogP contribution in [0.2, 0.25) is 0 Å². The van der Waals surface area contributed by atoms with Gasteiger partial charge in [0.05, 0.1) is 17.7 Å². The Balaban J connectivity index is 1.77. The van der Waals surface area contributed by atoms with Crippen LogP contribution in [0.25, 0.3) is 0 Å². The maximum Gasteiger partial charge on any atom is 0.416 e. The first-order chi connectivity index (χ1) is 15.2. The Morgan fingerprint density at radius 1 is 1.06 bits per heavy atom. The van der Waals surface area contributed by atoms with Gasteiger partial charge in [-0.1, -0.05) is 12.1 Å². The van der Waals surface area contributed by atoms with Gasteiger partial charge in [-0.3, -0.25) is 14.8 Å². The Kier molecular flexibility index (Phi) is 5.29. The number of hydrogen-bond acceptors (Lipinski definition) is 5. The average Bonchev–Trinajstić information content (AvgIpc) is 2.79. The number of carbonyl (C=O) groups is 2. The molecule has 1 aliphatic rings. The summed E-state index contributed by atoms with van der Waals surface area (Å²) in [5, 5.41) is 11.9. The summed E-state index contributed by atoms with van der Waals surface area (Å²) in [6.07, 6.45) is -1.74. The number of hydrogen-bond donors (Lipinski definition) is 2. The van der Waals surface area contributed by atoms with Gasteiger partial charge >= 0.3 is 12.1 Å². The predicted octanol–water partition coefficient (Wildman–Crippen LogP) is 3.65. The summed E-state index contributed by atoms with van der Waals surface area (Å²) in [5.74, 6) is -1.43. The topological polar surface area (TPSA) is 101 Å². The van der Waals surface area contributed by atoms with Crippen LogP contribution in [0, 0.1) is 0 Å². The van der Waals surface area contributed by atoms with Gasteiger partial charge in [-0.25, -0.2) is 4.79 Å². The van der Waals surface area contributed by atoms with Crippen LogP contribution < -0.4 is 10.1 Å². The van der Waals surface area contributed by atoms with Crippen LogP contribution in [0.15, 0.2) is 60.9 Å². The van der Waals surface area contributed by atoms with E-state index in [0.29, 0.717) is 17.0 Å². The van der Waals surface area contributed by atoms with Gasteiger partial charge in [0, 0.05) is 18.8 Å². The number of ether oxygens (including phenoxy) is 1. The fourth-order valence-corrected chi connectivity index (χ4v) is 3.59. The van der Waals surface area contributed by atoms with E-state index in [1.165, 1.54) is 30.5 Å². The fraction of sp³-hybridized carbons (Fsp3) is 0.182. The van der Waals surface area contributed by atoms with Crippen LogP contribution in [0.3, 0.4) is 0 Å². The zero-order valence-electron chi connectivity index (χ0n) is 16.4. The number of alkyl halides is 3. The Hall–Kier alpha value is -3.95. The third kappa shape index (κ3) is 3.86. The van der Waals surface area contributed by atoms with Crippen molar-refractivity contribution < 1.29 is 32.6 Å². The SMILES string of the molecule is O=C(O)c1ccc(C(=O)NC2(c3ccc(C(F)(F)F)cc3)CCOc3cccnc32)nc1. The first-order valence-corrected chi connectivity index (χ1v) is 9.48. The predicted molar refractivity (Wildman–Crippen MR) is 105 cm³/mol. The quantitative estimate of drug-likeness (QED) is 0.639. The molecule has 4 rings (SSSR count). The number of carboxylic acids is 1. The van der Waals surface area contributed by atoms with Crippen LogP contribution in [-0.2, 0) is 11.7 Å². The molecule has 32 heavy (non-hydrogen) atoms. The summed E-state index contributed by atoms with van der Waals surface area (Å²) in [6, 6.07) is 10.3. The molecule has 0 aliphatic carbocycles. The van der Waals surface area contributed by atoms with Gasteiger partial charge in [-0.2, -0.15) is 13.2 Å². The van der Waals surface area contributed by atoms with Gasteiger partial charge in [0.1, 0.15) is 22.7 Å². The molecule has 2 aromatic heterocycles. The maximum atomic E-state index is 13.1. The largest absolute Gasteiger partial charge is 0.491 e. The standard InChI is InChI=1S/C22H16F3N3O4/c23-22(24,25)15-6-4-14(5-7-15)21(9-11-32-17-2-1-10-26-18(17)21)28-19(29)16-8-3-13(12-27-16)20(30)31/h1-8,10,12H,9,11H2,(H,28,29)(H,30,31). The Bertz CT molecular complexity index is 1160. The molecule has 10 heteroatoms. The van der Waals surface area contributed by atoms with Gasteiger partial charge in [-0.15, -0.1) is 0 Å². The van der Waals surface area contributed by atoms with Crippen molar-refractivity contribution in [1.82, 2.24) is 15.3 Å². The van der Waals surface area contributed by atoms with E-state index >= 15 is 0 Å². The summed E-state index contributed by atoms with van der Waals surface area (Å²) in [4.78, 5) is 32.3. The number of nitrogens with one attached hydrogen (secondary N) is 1. The molecule has 1 aliphatic heterocycles. The van der Waals surface area contributed by atoms with Crippen molar-refractivity contribution in [1.29, 1.82) is 0 Å². The number of carbonyl (C=O) groups excluding carboxylic acids is 1. The Morgan fingerprint density at radius 3 is 2.44 bits per heavy atom. The molecule has 0 bridgehead atoms. The second-order valence-corrected chi connectivity index (χ2v) is 7.12. The van der Waals surface area contributed by atoms with Gasteiger partial charge < -0.3 is 15.2 Å². The number of nitrogens with zero attached hydrogens (tertiary/aromatic N) is 2. The highest BCUT2D eigenvalue weighted by atomic mass is 19.4. The van der Waals surface area contributed by atoms with Crippen molar-refractivity contribution in [3.63, 3.8) is 0 Å². The zero-order valence-corrected chi connectivity index (χ0v) is 16.4. The lowest BCUT2D eigenvalue weighted by molar-refractivity contribution is -0.137. The second kappa shape index (κ2) is 7.95. The summed E-state index contributed by atoms with van der Waals surface area (Å²) < 4.78 is 44.8. The lowest BCUT2D eigenvalue weighted by atomic mass is 9.81. The molecule has 2 N–H and O–H groups in total. The van der Waals surface area contributed by atoms with Crippen molar-refractivity contribution in [2.45, 2.75) is 18.1 Å². The van der Waals surface area contributed by atoms with Crippen molar-refractivity contribution in [2.75, 3.05) is 6.61 Å². The smallest absolute Gasteiger partial charge is 0.416 e. The van der Waals surface area contributed by atoms with Crippen LogP contribution >= 0.6 is 0 Å². The Morgan fingerprint density at radius 2 is 1.81 bits per heavy atom. The number of rotatable bonds is 4. The molecule has 1 unspecified atom stereocenters. The van der Waals surface area contributed by atoms with Gasteiger partial charge in [0.25, 0.3) is 5.91 Å². The minimum atomic E-state index is -4.50. The number of carboxylic acid groups (broad SMARTS) is 1. The summed E-state index contributed by atoms with van der Waals surface area (Å²) >= 11 is 0. The number of pyridine rings is 2. The lowest BCUT2D eigenvalue weighted by Gasteiger charge is -2.39. The second-order valence-electron chi connectivity index (χ2n) is 7.12. The first kappa shape index (κ1) is 21.3. The maximum absolute atomic E-state index is 13.1. The van der Waals surface area contributed by atoms with Crippen LogP contribution in [0.1, 0.15) is 44.1 Å². The van der Waals surface area contributed by atoms with Crippen LogP contribution in [0.5, 0.6) is 5.75 Å². The number of amides is 1. The van der Waals surface area contributed by atoms with E-state index in [1.54, 1.807) is 12.1 Å². The molecule has 164 valence electrons. The molecule has 0 saturated carbocycles. The monoisotopic (exact) mass is 443 g/mol. The van der Waals surface area contributed by atoms with Crippen LogP contribution in [0.4, 0.5) is 13.2 Å². The molecule has 3 heterocycles. The van der Waals surface area contributed by atoms with Crippen molar-refractivity contribution in [3.8, 4) is 5.75 Å². The van der Waals surface area contributed by atoms with E-state index < -0.39 is 29.2 Å². The molecular weight excluding hydrogens is 427 g/mol. The lowest BCUT2D eigenvalue weighted by Crippen LogP contribution is -2.50. The van der Waals surface area contributed by atoms with Crippen LogP contribution in [-0.4, -0.2) is 33.6 Å². The first-order valence-electron chi connectivity index (χ1n) is 9.48. The normalized spacial score (nSPS) is 17.7. The number of aromatic carboxylic acids is 1. The molecule has 0 fully saturated rings. The highest BCUT2D eigenvalue weighted by Crippen LogP contribution is 2.41. The molecule has 3 aromatic rings. The van der Waals surface area contributed by atoms with Gasteiger partial charge in [0.2, 0.25) is 0 Å². The number of fused-ring (bicyclic) bond motifs is 1. The van der Waals surface area contributed by atoms with Gasteiger partial charge in [-0.05, 0) is 42.0 Å². The molecule has 0 saturated heterocycles. The Labute approximate surface area is 179 Å². The third-order valence-corrected chi connectivity index (χ3v) is 5.18. The summed E-state index contributed by atoms with van der Waals surface area (Å²) in [5.41, 5.74) is -1.49. The highest BCUT2D eigenvalue weighted by molar-refractivity contribution is 5.94. The van der Waals surface area contributed by atoms with Crippen molar-refractivity contribution in [2.24, 2.45) is 0 Å². The molecule has 1 amide bonds. The molecule has 0 spiro atoms.